The number of benzene rings is 1. The second kappa shape index (κ2) is 4.31. The highest BCUT2D eigenvalue weighted by Gasteiger charge is 2.50. The van der Waals surface area contributed by atoms with Crippen LogP contribution in [-0.2, 0) is 5.41 Å². The summed E-state index contributed by atoms with van der Waals surface area (Å²) in [6, 6.07) is 1.47. The molecule has 0 heterocycles. The van der Waals surface area contributed by atoms with Gasteiger partial charge in [0.25, 0.3) is 0 Å². The van der Waals surface area contributed by atoms with Crippen molar-refractivity contribution in [3.63, 3.8) is 0 Å². The minimum Gasteiger partial charge on any atom is -0.505 e. The van der Waals surface area contributed by atoms with Gasteiger partial charge in [-0.3, -0.25) is 0 Å². The van der Waals surface area contributed by atoms with Gasteiger partial charge in [-0.25, -0.2) is 0 Å². The van der Waals surface area contributed by atoms with Crippen molar-refractivity contribution < 1.29 is 19.0 Å². The zero-order valence-electron chi connectivity index (χ0n) is 10.8. The predicted molar refractivity (Wildman–Crippen MR) is 65.7 cm³/mol. The van der Waals surface area contributed by atoms with Gasteiger partial charge in [0.1, 0.15) is 0 Å². The molecule has 1 unspecified atom stereocenters. The average molecular weight is 255 g/mol. The monoisotopic (exact) mass is 255 g/mol. The van der Waals surface area contributed by atoms with Gasteiger partial charge in [-0.1, -0.05) is 0 Å². The Morgan fingerprint density at radius 1 is 1.39 bits per heavy atom. The molecule has 100 valence electrons. The Hall–Kier alpha value is -1.49. The summed E-state index contributed by atoms with van der Waals surface area (Å²) in [5.74, 6) is -0.991. The van der Waals surface area contributed by atoms with Gasteiger partial charge < -0.3 is 20.3 Å². The van der Waals surface area contributed by atoms with Gasteiger partial charge in [-0.2, -0.15) is 4.39 Å². The lowest BCUT2D eigenvalue weighted by Gasteiger charge is -2.23. The molecule has 4 nitrogen and oxygen atoms in total. The van der Waals surface area contributed by atoms with Crippen LogP contribution in [0.15, 0.2) is 6.07 Å². The summed E-state index contributed by atoms with van der Waals surface area (Å²) < 4.78 is 24.0. The van der Waals surface area contributed by atoms with Crippen molar-refractivity contribution in [1.29, 1.82) is 0 Å². The van der Waals surface area contributed by atoms with Crippen LogP contribution in [0, 0.1) is 5.82 Å². The third-order valence-electron chi connectivity index (χ3n) is 3.78. The summed E-state index contributed by atoms with van der Waals surface area (Å²) in [6.45, 7) is 1.86. The third-order valence-corrected chi connectivity index (χ3v) is 3.78. The molecule has 0 saturated heterocycles. The first-order valence-corrected chi connectivity index (χ1v) is 5.87. The van der Waals surface area contributed by atoms with Gasteiger partial charge in [0.05, 0.1) is 14.2 Å². The Labute approximate surface area is 106 Å². The van der Waals surface area contributed by atoms with Crippen LogP contribution in [0.5, 0.6) is 17.2 Å². The normalized spacial score (nSPS) is 18.3. The van der Waals surface area contributed by atoms with Crippen molar-refractivity contribution in [2.75, 3.05) is 14.2 Å². The van der Waals surface area contributed by atoms with Crippen LogP contribution < -0.4 is 15.2 Å². The first-order chi connectivity index (χ1) is 8.47. The van der Waals surface area contributed by atoms with E-state index in [0.29, 0.717) is 5.56 Å². The lowest BCUT2D eigenvalue weighted by atomic mass is 9.88. The van der Waals surface area contributed by atoms with Crippen molar-refractivity contribution in [1.82, 2.24) is 0 Å². The van der Waals surface area contributed by atoms with E-state index in [0.717, 1.165) is 12.8 Å². The average Bonchev–Trinajstić information content (AvgIpc) is 3.13. The smallest absolute Gasteiger partial charge is 0.210 e. The third kappa shape index (κ3) is 1.70. The van der Waals surface area contributed by atoms with E-state index in [1.54, 1.807) is 6.07 Å². The molecule has 1 aliphatic rings. The summed E-state index contributed by atoms with van der Waals surface area (Å²) in [4.78, 5) is 0. The SMILES string of the molecule is COc1cc(C2(C(C)N)CC2)c(O)c(F)c1OC. The molecular weight excluding hydrogens is 237 g/mol. The Bertz CT molecular complexity index is 470. The largest absolute Gasteiger partial charge is 0.505 e. The summed E-state index contributed by atoms with van der Waals surface area (Å²) in [5.41, 5.74) is 6.10. The summed E-state index contributed by atoms with van der Waals surface area (Å²) in [6.07, 6.45) is 1.68. The number of aromatic hydroxyl groups is 1. The zero-order chi connectivity index (χ0) is 13.5. The fourth-order valence-electron chi connectivity index (χ4n) is 2.42. The standard InChI is InChI=1S/C13H18FNO3/c1-7(15)13(4-5-13)8-6-9(17-2)12(18-3)10(14)11(8)16/h6-7,16H,4-5,15H2,1-3H3. The van der Waals surface area contributed by atoms with Gasteiger partial charge in [0, 0.05) is 17.0 Å². The van der Waals surface area contributed by atoms with Gasteiger partial charge in [-0.05, 0) is 25.8 Å². The van der Waals surface area contributed by atoms with E-state index < -0.39 is 5.82 Å². The molecule has 0 aliphatic heterocycles. The van der Waals surface area contributed by atoms with Crippen LogP contribution in [0.1, 0.15) is 25.3 Å². The maximum absolute atomic E-state index is 14.0. The topological polar surface area (TPSA) is 64.7 Å². The molecule has 0 bridgehead atoms. The van der Waals surface area contributed by atoms with Crippen molar-refractivity contribution in [2.24, 2.45) is 5.73 Å². The first-order valence-electron chi connectivity index (χ1n) is 5.87. The van der Waals surface area contributed by atoms with E-state index in [1.165, 1.54) is 14.2 Å². The maximum atomic E-state index is 14.0. The van der Waals surface area contributed by atoms with Crippen molar-refractivity contribution in [3.8, 4) is 17.2 Å². The molecule has 2 rings (SSSR count). The van der Waals surface area contributed by atoms with E-state index in [2.05, 4.69) is 0 Å². The highest BCUT2D eigenvalue weighted by atomic mass is 19.1. The summed E-state index contributed by atoms with van der Waals surface area (Å²) in [7, 11) is 2.77. The molecule has 0 radical (unpaired) electrons. The number of halogens is 1. The number of phenols is 1. The fraction of sp³-hybridized carbons (Fsp3) is 0.538. The van der Waals surface area contributed by atoms with Gasteiger partial charge in [-0.15, -0.1) is 0 Å². The maximum Gasteiger partial charge on any atom is 0.210 e. The van der Waals surface area contributed by atoms with Crippen LogP contribution in [0.4, 0.5) is 4.39 Å². The van der Waals surface area contributed by atoms with E-state index in [4.69, 9.17) is 15.2 Å². The zero-order valence-corrected chi connectivity index (χ0v) is 10.8. The molecule has 1 aromatic carbocycles. The number of methoxy groups -OCH3 is 2. The molecule has 1 aromatic rings. The highest BCUT2D eigenvalue weighted by molar-refractivity contribution is 5.56. The number of hydrogen-bond acceptors (Lipinski definition) is 4. The Morgan fingerprint density at radius 2 is 2.00 bits per heavy atom. The molecule has 3 N–H and O–H groups in total. The van der Waals surface area contributed by atoms with Crippen LogP contribution in [-0.4, -0.2) is 25.4 Å². The van der Waals surface area contributed by atoms with Crippen LogP contribution in [0.25, 0.3) is 0 Å². The molecule has 1 saturated carbocycles. The Balaban J connectivity index is 2.60. The van der Waals surface area contributed by atoms with Gasteiger partial charge >= 0.3 is 0 Å². The van der Waals surface area contributed by atoms with Crippen LogP contribution in [0.3, 0.4) is 0 Å². The second-order valence-electron chi connectivity index (χ2n) is 4.77. The van der Waals surface area contributed by atoms with Crippen molar-refractivity contribution in [2.45, 2.75) is 31.2 Å². The summed E-state index contributed by atoms with van der Waals surface area (Å²) >= 11 is 0. The lowest BCUT2D eigenvalue weighted by molar-refractivity contribution is 0.321. The van der Waals surface area contributed by atoms with E-state index in [9.17, 15) is 9.50 Å². The molecule has 1 fully saturated rings. The molecule has 0 amide bonds. The van der Waals surface area contributed by atoms with E-state index in [-0.39, 0.29) is 28.7 Å². The number of phenolic OH excluding ortho intramolecular Hbond substituents is 1. The minimum absolute atomic E-state index is 0.0841. The number of ether oxygens (including phenoxy) is 2. The second-order valence-corrected chi connectivity index (χ2v) is 4.77. The van der Waals surface area contributed by atoms with Crippen molar-refractivity contribution in [3.05, 3.63) is 17.4 Å². The Morgan fingerprint density at radius 3 is 2.39 bits per heavy atom. The van der Waals surface area contributed by atoms with Crippen LogP contribution >= 0.6 is 0 Å². The first kappa shape index (κ1) is 13.0. The molecule has 1 atom stereocenters. The van der Waals surface area contributed by atoms with Crippen LogP contribution in [0.2, 0.25) is 0 Å². The van der Waals surface area contributed by atoms with Crippen molar-refractivity contribution >= 4 is 0 Å². The van der Waals surface area contributed by atoms with E-state index >= 15 is 0 Å². The fourth-order valence-corrected chi connectivity index (χ4v) is 2.42. The molecule has 5 heteroatoms. The number of rotatable bonds is 4. The Kier molecular flexibility index (Phi) is 3.11. The molecule has 18 heavy (non-hydrogen) atoms. The predicted octanol–water partition coefficient (Wildman–Crippen LogP) is 1.93. The molecular formula is C13H18FNO3. The quantitative estimate of drug-likeness (QED) is 0.862. The molecule has 0 spiro atoms. The van der Waals surface area contributed by atoms with E-state index in [1.807, 2.05) is 6.92 Å². The van der Waals surface area contributed by atoms with Gasteiger partial charge in [0.2, 0.25) is 11.6 Å². The highest BCUT2D eigenvalue weighted by Crippen LogP contribution is 2.55. The number of hydrogen-bond donors (Lipinski definition) is 2. The molecule has 1 aliphatic carbocycles. The number of nitrogens with two attached hydrogens (primary N) is 1. The molecule has 0 aromatic heterocycles. The van der Waals surface area contributed by atoms with Gasteiger partial charge in [0.15, 0.2) is 11.5 Å². The summed E-state index contributed by atoms with van der Waals surface area (Å²) in [5, 5.41) is 9.99. The minimum atomic E-state index is -0.793. The lowest BCUT2D eigenvalue weighted by Crippen LogP contribution is -2.31.